The normalized spacial score (nSPS) is 12.1. The highest BCUT2D eigenvalue weighted by atomic mass is 31.0. The maximum atomic E-state index is 13.1. The summed E-state index contributed by atoms with van der Waals surface area (Å²) in [5.41, 5.74) is 1.97. The Labute approximate surface area is 128 Å². The molecule has 1 nitrogen and oxygen atoms in total. The minimum absolute atomic E-state index is 0.283. The van der Waals surface area contributed by atoms with Gasteiger partial charge in [0.25, 0.3) is 0 Å². The molecule has 0 N–H and O–H groups in total. The molecule has 0 bridgehead atoms. The maximum Gasteiger partial charge on any atom is 0.130 e. The van der Waals surface area contributed by atoms with Crippen molar-refractivity contribution in [1.82, 2.24) is 0 Å². The van der Waals surface area contributed by atoms with Gasteiger partial charge in [-0.1, -0.05) is 25.1 Å². The molecule has 0 aromatic heterocycles. The van der Waals surface area contributed by atoms with E-state index in [1.807, 2.05) is 18.2 Å². The van der Waals surface area contributed by atoms with Crippen LogP contribution in [0.1, 0.15) is 31.7 Å². The summed E-state index contributed by atoms with van der Waals surface area (Å²) < 4.78 is 18.8. The summed E-state index contributed by atoms with van der Waals surface area (Å²) in [4.78, 5) is 0. The van der Waals surface area contributed by atoms with Gasteiger partial charge in [0.05, 0.1) is 0 Å². The molecular weight excluding hydrogens is 282 g/mol. The zero-order valence-corrected chi connectivity index (χ0v) is 13.5. The molecule has 0 saturated heterocycles. The third-order valence-corrected chi connectivity index (χ3v) is 4.30. The van der Waals surface area contributed by atoms with Crippen LogP contribution in [-0.2, 0) is 6.42 Å². The zero-order valence-electron chi connectivity index (χ0n) is 12.4. The van der Waals surface area contributed by atoms with Crippen LogP contribution in [0.25, 0.3) is 0 Å². The Morgan fingerprint density at radius 2 is 1.81 bits per heavy atom. The highest BCUT2D eigenvalue weighted by Gasteiger charge is 2.02. The summed E-state index contributed by atoms with van der Waals surface area (Å²) in [6.45, 7) is 2.21. The topological polar surface area (TPSA) is 9.23 Å². The van der Waals surface area contributed by atoms with Crippen LogP contribution in [0, 0.1) is 5.82 Å². The molecule has 0 amide bonds. The number of ether oxygens (including phenoxy) is 1. The van der Waals surface area contributed by atoms with E-state index in [1.165, 1.54) is 37.0 Å². The molecule has 2 aromatic carbocycles. The van der Waals surface area contributed by atoms with Crippen molar-refractivity contribution in [1.29, 1.82) is 0 Å². The molecule has 0 aliphatic heterocycles. The van der Waals surface area contributed by atoms with E-state index in [-0.39, 0.29) is 5.82 Å². The van der Waals surface area contributed by atoms with Crippen molar-refractivity contribution in [2.24, 2.45) is 0 Å². The average Bonchev–Trinajstić information content (AvgIpc) is 2.47. The van der Waals surface area contributed by atoms with Gasteiger partial charge in [0.15, 0.2) is 0 Å². The first-order chi connectivity index (χ1) is 10.2. The lowest BCUT2D eigenvalue weighted by atomic mass is 10.1. The first-order valence-corrected chi connectivity index (χ1v) is 8.12. The van der Waals surface area contributed by atoms with Gasteiger partial charge in [0.1, 0.15) is 17.3 Å². The predicted octanol–water partition coefficient (Wildman–Crippen LogP) is 5.59. The minimum Gasteiger partial charge on any atom is -0.457 e. The second-order valence-electron chi connectivity index (χ2n) is 5.27. The molecule has 0 heterocycles. The molecule has 0 radical (unpaired) electrons. The van der Waals surface area contributed by atoms with E-state index < -0.39 is 0 Å². The van der Waals surface area contributed by atoms with Crippen LogP contribution in [-0.4, -0.2) is 5.66 Å². The highest BCUT2D eigenvalue weighted by Crippen LogP contribution is 2.24. The van der Waals surface area contributed by atoms with Crippen molar-refractivity contribution < 1.29 is 9.13 Å². The van der Waals surface area contributed by atoms with E-state index >= 15 is 0 Å². The van der Waals surface area contributed by atoms with Crippen LogP contribution >= 0.6 is 9.24 Å². The number of hydrogen-bond donors (Lipinski definition) is 0. The molecule has 0 fully saturated rings. The third-order valence-electron chi connectivity index (χ3n) is 3.49. The molecule has 0 aliphatic carbocycles. The number of aryl methyl sites for hydroxylation is 1. The summed E-state index contributed by atoms with van der Waals surface area (Å²) in [5, 5.41) is 0. The average molecular weight is 304 g/mol. The number of rotatable bonds is 7. The Morgan fingerprint density at radius 1 is 1.10 bits per heavy atom. The predicted molar refractivity (Wildman–Crippen MR) is 89.6 cm³/mol. The van der Waals surface area contributed by atoms with Crippen LogP contribution < -0.4 is 4.74 Å². The Morgan fingerprint density at radius 3 is 2.52 bits per heavy atom. The summed E-state index contributed by atoms with van der Waals surface area (Å²) in [6, 6.07) is 14.3. The molecule has 0 spiro atoms. The number of halogens is 1. The zero-order chi connectivity index (χ0) is 15.1. The number of benzene rings is 2. The molecule has 112 valence electrons. The number of hydrogen-bond acceptors (Lipinski definition) is 1. The van der Waals surface area contributed by atoms with Gasteiger partial charge in [-0.25, -0.2) is 4.39 Å². The van der Waals surface area contributed by atoms with E-state index in [2.05, 4.69) is 22.2 Å². The summed E-state index contributed by atoms with van der Waals surface area (Å²) in [7, 11) is 2.90. The molecule has 2 unspecified atom stereocenters. The lowest BCUT2D eigenvalue weighted by Gasteiger charge is -2.09. The van der Waals surface area contributed by atoms with Crippen LogP contribution in [0.5, 0.6) is 11.5 Å². The van der Waals surface area contributed by atoms with E-state index in [0.29, 0.717) is 11.4 Å². The Kier molecular flexibility index (Phi) is 6.20. The molecule has 0 saturated carbocycles. The second kappa shape index (κ2) is 8.14. The molecule has 2 rings (SSSR count). The SMILES string of the molecule is CCC(P)CCCc1cccc(Oc2cccc(F)c2)c1. The lowest BCUT2D eigenvalue weighted by Crippen LogP contribution is -1.96. The molecule has 2 aromatic rings. The molecule has 3 heteroatoms. The Hall–Kier alpha value is -1.40. The largest absolute Gasteiger partial charge is 0.457 e. The van der Waals surface area contributed by atoms with E-state index in [9.17, 15) is 4.39 Å². The van der Waals surface area contributed by atoms with Crippen LogP contribution in [0.15, 0.2) is 48.5 Å². The first-order valence-electron chi connectivity index (χ1n) is 7.45. The van der Waals surface area contributed by atoms with Gasteiger partial charge in [-0.15, -0.1) is 9.24 Å². The lowest BCUT2D eigenvalue weighted by molar-refractivity contribution is 0.476. The summed E-state index contributed by atoms with van der Waals surface area (Å²) >= 11 is 0. The molecule has 2 atom stereocenters. The van der Waals surface area contributed by atoms with E-state index in [0.717, 1.165) is 12.2 Å². The van der Waals surface area contributed by atoms with Gasteiger partial charge < -0.3 is 4.74 Å². The Bertz CT molecular complexity index is 571. The second-order valence-corrected chi connectivity index (χ2v) is 6.21. The maximum absolute atomic E-state index is 13.1. The fraction of sp³-hybridized carbons (Fsp3) is 0.333. The first kappa shape index (κ1) is 16.0. The monoisotopic (exact) mass is 304 g/mol. The molecular formula is C18H22FOP. The summed E-state index contributed by atoms with van der Waals surface area (Å²) in [5.74, 6) is 1.01. The fourth-order valence-electron chi connectivity index (χ4n) is 2.20. The minimum atomic E-state index is -0.283. The van der Waals surface area contributed by atoms with Gasteiger partial charge >= 0.3 is 0 Å². The van der Waals surface area contributed by atoms with Crippen molar-refractivity contribution in [3.63, 3.8) is 0 Å². The van der Waals surface area contributed by atoms with Crippen LogP contribution in [0.3, 0.4) is 0 Å². The molecule has 21 heavy (non-hydrogen) atoms. The summed E-state index contributed by atoms with van der Waals surface area (Å²) in [6.07, 6.45) is 4.64. The van der Waals surface area contributed by atoms with Crippen molar-refractivity contribution in [3.8, 4) is 11.5 Å². The third kappa shape index (κ3) is 5.47. The Balaban J connectivity index is 1.94. The van der Waals surface area contributed by atoms with Crippen LogP contribution in [0.4, 0.5) is 4.39 Å². The van der Waals surface area contributed by atoms with E-state index in [1.54, 1.807) is 12.1 Å². The van der Waals surface area contributed by atoms with Gasteiger partial charge in [0.2, 0.25) is 0 Å². The molecule has 0 aliphatic rings. The van der Waals surface area contributed by atoms with Gasteiger partial charge in [-0.2, -0.15) is 0 Å². The van der Waals surface area contributed by atoms with E-state index in [4.69, 9.17) is 4.74 Å². The van der Waals surface area contributed by atoms with Gasteiger partial charge in [-0.05, 0) is 61.2 Å². The van der Waals surface area contributed by atoms with Crippen molar-refractivity contribution in [3.05, 3.63) is 59.9 Å². The quantitative estimate of drug-likeness (QED) is 0.605. The van der Waals surface area contributed by atoms with Crippen molar-refractivity contribution in [2.75, 3.05) is 0 Å². The fourth-order valence-corrected chi connectivity index (χ4v) is 2.44. The van der Waals surface area contributed by atoms with Gasteiger partial charge in [-0.3, -0.25) is 0 Å². The van der Waals surface area contributed by atoms with Crippen molar-refractivity contribution in [2.45, 2.75) is 38.3 Å². The smallest absolute Gasteiger partial charge is 0.130 e. The van der Waals surface area contributed by atoms with Gasteiger partial charge in [0, 0.05) is 6.07 Å². The standard InChI is InChI=1S/C18H22FOP/c1-2-18(21)11-4-7-14-6-3-9-16(12-14)20-17-10-5-8-15(19)13-17/h3,5-6,8-10,12-13,18H,2,4,7,11,21H2,1H3. The van der Waals surface area contributed by atoms with Crippen molar-refractivity contribution >= 4 is 9.24 Å². The highest BCUT2D eigenvalue weighted by molar-refractivity contribution is 7.17. The van der Waals surface area contributed by atoms with Crippen LogP contribution in [0.2, 0.25) is 0 Å².